The Hall–Kier alpha value is -1.62. The lowest BCUT2D eigenvalue weighted by molar-refractivity contribution is 0.0936. The quantitative estimate of drug-likeness (QED) is 0.876. The maximum absolute atomic E-state index is 13.6. The lowest BCUT2D eigenvalue weighted by atomic mass is 10.1. The van der Waals surface area contributed by atoms with Crippen LogP contribution in [0.25, 0.3) is 0 Å². The van der Waals surface area contributed by atoms with Gasteiger partial charge in [0.2, 0.25) is 0 Å². The van der Waals surface area contributed by atoms with Crippen LogP contribution in [0.1, 0.15) is 36.5 Å². The van der Waals surface area contributed by atoms with E-state index in [4.69, 9.17) is 4.74 Å². The topological polar surface area (TPSA) is 41.6 Å². The molecule has 0 aliphatic carbocycles. The molecule has 1 saturated heterocycles. The molecule has 0 saturated carbocycles. The second kappa shape index (κ2) is 7.41. The van der Waals surface area contributed by atoms with E-state index in [0.717, 1.165) is 19.5 Å². The summed E-state index contributed by atoms with van der Waals surface area (Å²) in [4.78, 5) is 14.5. The molecular weight excluding hydrogens is 271 g/mol. The predicted octanol–water partition coefficient (Wildman–Crippen LogP) is 2.44. The van der Waals surface area contributed by atoms with Crippen molar-refractivity contribution < 1.29 is 13.9 Å². The lowest BCUT2D eigenvalue weighted by Crippen LogP contribution is -2.42. The highest BCUT2D eigenvalue weighted by molar-refractivity contribution is 5.94. The van der Waals surface area contributed by atoms with Crippen LogP contribution in [-0.2, 0) is 0 Å². The molecular formula is C16H23FN2O2. The third-order valence-corrected chi connectivity index (χ3v) is 4.04. The van der Waals surface area contributed by atoms with Crippen LogP contribution in [0.4, 0.5) is 4.39 Å². The minimum Gasteiger partial charge on any atom is -0.494 e. The van der Waals surface area contributed by atoms with Crippen molar-refractivity contribution in [3.63, 3.8) is 0 Å². The van der Waals surface area contributed by atoms with Gasteiger partial charge in [-0.25, -0.2) is 4.39 Å². The third kappa shape index (κ3) is 3.94. The maximum Gasteiger partial charge on any atom is 0.251 e. The highest BCUT2D eigenvalue weighted by atomic mass is 19.1. The molecule has 4 nitrogen and oxygen atoms in total. The Morgan fingerprint density at radius 3 is 2.71 bits per heavy atom. The van der Waals surface area contributed by atoms with Crippen molar-refractivity contribution in [2.45, 2.75) is 32.2 Å². The van der Waals surface area contributed by atoms with Crippen molar-refractivity contribution in [1.29, 1.82) is 0 Å². The SMILES string of the molecule is CCC(CNC(=O)c1ccc(OC)c(F)c1)N1CCCC1. The first kappa shape index (κ1) is 15.8. The van der Waals surface area contributed by atoms with E-state index in [1.54, 1.807) is 6.07 Å². The normalized spacial score (nSPS) is 16.7. The molecule has 1 unspecified atom stereocenters. The van der Waals surface area contributed by atoms with Crippen LogP contribution in [0.2, 0.25) is 0 Å². The largest absolute Gasteiger partial charge is 0.494 e. The molecule has 1 aliphatic heterocycles. The average Bonchev–Trinajstić information content (AvgIpc) is 3.01. The van der Waals surface area contributed by atoms with Gasteiger partial charge in [-0.1, -0.05) is 6.92 Å². The number of nitrogens with one attached hydrogen (secondary N) is 1. The van der Waals surface area contributed by atoms with Gasteiger partial charge >= 0.3 is 0 Å². The molecule has 0 bridgehead atoms. The van der Waals surface area contributed by atoms with Crippen molar-refractivity contribution >= 4 is 5.91 Å². The van der Waals surface area contributed by atoms with Crippen molar-refractivity contribution in [3.8, 4) is 5.75 Å². The maximum atomic E-state index is 13.6. The van der Waals surface area contributed by atoms with Gasteiger partial charge < -0.3 is 10.1 Å². The second-order valence-electron chi connectivity index (χ2n) is 5.36. The molecule has 1 aromatic carbocycles. The minimum absolute atomic E-state index is 0.148. The highest BCUT2D eigenvalue weighted by Crippen LogP contribution is 2.18. The number of nitrogens with zero attached hydrogens (tertiary/aromatic N) is 1. The predicted molar refractivity (Wildman–Crippen MR) is 80.2 cm³/mol. The fourth-order valence-corrected chi connectivity index (χ4v) is 2.76. The molecule has 1 fully saturated rings. The molecule has 5 heteroatoms. The molecule has 1 aromatic rings. The van der Waals surface area contributed by atoms with Crippen LogP contribution in [0, 0.1) is 5.82 Å². The van der Waals surface area contributed by atoms with Crippen LogP contribution in [-0.4, -0.2) is 43.6 Å². The van der Waals surface area contributed by atoms with Crippen LogP contribution in [0.5, 0.6) is 5.75 Å². The van der Waals surface area contributed by atoms with Crippen molar-refractivity contribution in [3.05, 3.63) is 29.6 Å². The van der Waals surface area contributed by atoms with Gasteiger partial charge in [-0.2, -0.15) is 0 Å². The first-order valence-corrected chi connectivity index (χ1v) is 7.51. The number of hydrogen-bond donors (Lipinski definition) is 1. The number of rotatable bonds is 6. The molecule has 1 atom stereocenters. The van der Waals surface area contributed by atoms with E-state index in [2.05, 4.69) is 17.1 Å². The number of hydrogen-bond acceptors (Lipinski definition) is 3. The summed E-state index contributed by atoms with van der Waals surface area (Å²) in [5.41, 5.74) is 0.324. The second-order valence-corrected chi connectivity index (χ2v) is 5.36. The van der Waals surface area contributed by atoms with Gasteiger partial charge in [-0.15, -0.1) is 0 Å². The summed E-state index contributed by atoms with van der Waals surface area (Å²) < 4.78 is 18.5. The van der Waals surface area contributed by atoms with Gasteiger partial charge in [-0.05, 0) is 50.6 Å². The fraction of sp³-hybridized carbons (Fsp3) is 0.562. The monoisotopic (exact) mass is 294 g/mol. The molecule has 1 aliphatic rings. The van der Waals surface area contributed by atoms with E-state index in [-0.39, 0.29) is 11.7 Å². The molecule has 1 amide bonds. The zero-order chi connectivity index (χ0) is 15.2. The van der Waals surface area contributed by atoms with Crippen molar-refractivity contribution in [2.75, 3.05) is 26.7 Å². The summed E-state index contributed by atoms with van der Waals surface area (Å²) >= 11 is 0. The van der Waals surface area contributed by atoms with E-state index in [9.17, 15) is 9.18 Å². The minimum atomic E-state index is -0.517. The summed E-state index contributed by atoms with van der Waals surface area (Å²) in [7, 11) is 1.40. The number of amides is 1. The molecule has 2 rings (SSSR count). The van der Waals surface area contributed by atoms with E-state index in [1.807, 2.05) is 0 Å². The van der Waals surface area contributed by atoms with E-state index in [1.165, 1.54) is 32.1 Å². The summed E-state index contributed by atoms with van der Waals surface area (Å²) in [6.45, 7) is 4.93. The Labute approximate surface area is 125 Å². The Morgan fingerprint density at radius 2 is 2.14 bits per heavy atom. The van der Waals surface area contributed by atoms with E-state index < -0.39 is 5.82 Å². The molecule has 0 aromatic heterocycles. The number of halogens is 1. The summed E-state index contributed by atoms with van der Waals surface area (Å²) in [5.74, 6) is -0.610. The lowest BCUT2D eigenvalue weighted by Gasteiger charge is -2.26. The van der Waals surface area contributed by atoms with Crippen molar-refractivity contribution in [2.24, 2.45) is 0 Å². The molecule has 1 N–H and O–H groups in total. The Morgan fingerprint density at radius 1 is 1.43 bits per heavy atom. The zero-order valence-corrected chi connectivity index (χ0v) is 12.7. The first-order chi connectivity index (χ1) is 10.2. The Kier molecular flexibility index (Phi) is 5.56. The standard InChI is InChI=1S/C16H23FN2O2/c1-3-13(19-8-4-5-9-19)11-18-16(20)12-6-7-15(21-2)14(17)10-12/h6-7,10,13H,3-5,8-9,11H2,1-2H3,(H,18,20). The number of carbonyl (C=O) groups is 1. The van der Waals surface area contributed by atoms with Gasteiger partial charge in [0.05, 0.1) is 7.11 Å². The number of ether oxygens (including phenoxy) is 1. The third-order valence-electron chi connectivity index (χ3n) is 4.04. The summed E-state index contributed by atoms with van der Waals surface area (Å²) in [5, 5.41) is 2.90. The number of likely N-dealkylation sites (tertiary alicyclic amines) is 1. The molecule has 1 heterocycles. The Balaban J connectivity index is 1.92. The van der Waals surface area contributed by atoms with Crippen LogP contribution >= 0.6 is 0 Å². The highest BCUT2D eigenvalue weighted by Gasteiger charge is 2.21. The smallest absolute Gasteiger partial charge is 0.251 e. The van der Waals surface area contributed by atoms with Crippen LogP contribution < -0.4 is 10.1 Å². The van der Waals surface area contributed by atoms with Gasteiger partial charge in [0.1, 0.15) is 0 Å². The summed E-state index contributed by atoms with van der Waals surface area (Å²) in [6.07, 6.45) is 3.46. The van der Waals surface area contributed by atoms with Crippen molar-refractivity contribution in [1.82, 2.24) is 10.2 Å². The van der Waals surface area contributed by atoms with Gasteiger partial charge in [-0.3, -0.25) is 9.69 Å². The number of methoxy groups -OCH3 is 1. The zero-order valence-electron chi connectivity index (χ0n) is 12.7. The summed E-state index contributed by atoms with van der Waals surface area (Å²) in [6, 6.07) is 4.63. The molecule has 21 heavy (non-hydrogen) atoms. The fourth-order valence-electron chi connectivity index (χ4n) is 2.76. The molecule has 0 radical (unpaired) electrons. The average molecular weight is 294 g/mol. The van der Waals surface area contributed by atoms with Crippen LogP contribution in [0.3, 0.4) is 0 Å². The van der Waals surface area contributed by atoms with Crippen LogP contribution in [0.15, 0.2) is 18.2 Å². The number of carbonyl (C=O) groups excluding carboxylic acids is 1. The molecule has 116 valence electrons. The van der Waals surface area contributed by atoms with Gasteiger partial charge in [0, 0.05) is 18.2 Å². The van der Waals surface area contributed by atoms with E-state index >= 15 is 0 Å². The first-order valence-electron chi connectivity index (χ1n) is 7.51. The van der Waals surface area contributed by atoms with Gasteiger partial charge in [0.25, 0.3) is 5.91 Å². The van der Waals surface area contributed by atoms with E-state index in [0.29, 0.717) is 18.2 Å². The number of benzene rings is 1. The molecule has 0 spiro atoms. The van der Waals surface area contributed by atoms with Gasteiger partial charge in [0.15, 0.2) is 11.6 Å². The Bertz CT molecular complexity index is 487.